The first-order valence-electron chi connectivity index (χ1n) is 4.15. The Morgan fingerprint density at radius 3 is 2.64 bits per heavy atom. The highest BCUT2D eigenvalue weighted by atomic mass is 16.2. The number of carbonyl (C=O) groups is 1. The second-order valence-corrected chi connectivity index (χ2v) is 3.56. The van der Waals surface area contributed by atoms with E-state index in [-0.39, 0.29) is 17.5 Å². The van der Waals surface area contributed by atoms with Gasteiger partial charge in [-0.1, -0.05) is 6.92 Å². The molecule has 0 radical (unpaired) electrons. The number of rotatable bonds is 3. The quantitative estimate of drug-likeness (QED) is 0.621. The molecule has 3 N–H and O–H groups in total. The lowest BCUT2D eigenvalue weighted by atomic mass is 10.2. The molecule has 0 bridgehead atoms. The summed E-state index contributed by atoms with van der Waals surface area (Å²) in [5.74, 6) is -0.00694. The van der Waals surface area contributed by atoms with E-state index in [4.69, 9.17) is 5.73 Å². The van der Waals surface area contributed by atoms with Crippen molar-refractivity contribution in [3.05, 3.63) is 0 Å². The molecule has 1 amide bonds. The predicted octanol–water partition coefficient (Wildman–Crippen LogP) is 0.392. The Hall–Kier alpha value is -0.570. The van der Waals surface area contributed by atoms with Crippen LogP contribution in [0.25, 0.3) is 0 Å². The van der Waals surface area contributed by atoms with E-state index in [2.05, 4.69) is 5.32 Å². The molecule has 0 spiro atoms. The molecule has 11 heavy (non-hydrogen) atoms. The molecular formula is C8H16N2O. The largest absolute Gasteiger partial charge is 0.350 e. The van der Waals surface area contributed by atoms with Crippen molar-refractivity contribution < 1.29 is 4.79 Å². The molecule has 3 nitrogen and oxygen atoms in total. The molecule has 0 saturated heterocycles. The molecule has 0 unspecified atom stereocenters. The monoisotopic (exact) mass is 156 g/mol. The average molecular weight is 156 g/mol. The van der Waals surface area contributed by atoms with Crippen LogP contribution in [0, 0.1) is 0 Å². The molecule has 1 aliphatic rings. The summed E-state index contributed by atoms with van der Waals surface area (Å²) in [6.45, 7) is 3.97. The van der Waals surface area contributed by atoms with Crippen molar-refractivity contribution in [2.75, 3.05) is 0 Å². The molecule has 0 aromatic rings. The maximum absolute atomic E-state index is 11.2. The fourth-order valence-corrected chi connectivity index (χ4v) is 0.888. The van der Waals surface area contributed by atoms with Gasteiger partial charge in [-0.15, -0.1) is 0 Å². The SMILES string of the molecule is CC[C@H](N)C(=O)NC1(C)CC1. The predicted molar refractivity (Wildman–Crippen MR) is 44.0 cm³/mol. The summed E-state index contributed by atoms with van der Waals surface area (Å²) in [6.07, 6.45) is 2.90. The summed E-state index contributed by atoms with van der Waals surface area (Å²) < 4.78 is 0. The minimum atomic E-state index is -0.326. The minimum absolute atomic E-state index is 0.00694. The second kappa shape index (κ2) is 2.81. The van der Waals surface area contributed by atoms with Crippen LogP contribution in [0.1, 0.15) is 33.1 Å². The normalized spacial score (nSPS) is 22.5. The lowest BCUT2D eigenvalue weighted by Gasteiger charge is -2.14. The fourth-order valence-electron chi connectivity index (χ4n) is 0.888. The highest BCUT2D eigenvalue weighted by Gasteiger charge is 2.39. The lowest BCUT2D eigenvalue weighted by Crippen LogP contribution is -2.45. The number of nitrogens with two attached hydrogens (primary N) is 1. The summed E-state index contributed by atoms with van der Waals surface area (Å²) in [7, 11) is 0. The summed E-state index contributed by atoms with van der Waals surface area (Å²) in [5, 5.41) is 2.92. The van der Waals surface area contributed by atoms with Crippen molar-refractivity contribution in [3.63, 3.8) is 0 Å². The maximum Gasteiger partial charge on any atom is 0.237 e. The molecule has 0 aliphatic heterocycles. The van der Waals surface area contributed by atoms with Crippen LogP contribution in [-0.4, -0.2) is 17.5 Å². The molecule has 1 atom stereocenters. The van der Waals surface area contributed by atoms with Gasteiger partial charge < -0.3 is 11.1 Å². The standard InChI is InChI=1S/C8H16N2O/c1-3-6(9)7(11)10-8(2)4-5-8/h6H,3-5,9H2,1-2H3,(H,10,11)/t6-/m0/s1. The van der Waals surface area contributed by atoms with Gasteiger partial charge in [0.1, 0.15) is 0 Å². The lowest BCUT2D eigenvalue weighted by molar-refractivity contribution is -0.123. The summed E-state index contributed by atoms with van der Waals surface area (Å²) in [5.41, 5.74) is 5.61. The number of hydrogen-bond donors (Lipinski definition) is 2. The molecule has 0 aromatic heterocycles. The molecule has 1 saturated carbocycles. The van der Waals surface area contributed by atoms with E-state index in [0.717, 1.165) is 12.8 Å². The summed E-state index contributed by atoms with van der Waals surface area (Å²) >= 11 is 0. The number of hydrogen-bond acceptors (Lipinski definition) is 2. The smallest absolute Gasteiger partial charge is 0.237 e. The molecule has 1 rings (SSSR count). The van der Waals surface area contributed by atoms with Crippen LogP contribution in [0.15, 0.2) is 0 Å². The van der Waals surface area contributed by atoms with E-state index < -0.39 is 0 Å². The second-order valence-electron chi connectivity index (χ2n) is 3.56. The van der Waals surface area contributed by atoms with E-state index >= 15 is 0 Å². The van der Waals surface area contributed by atoms with Gasteiger partial charge in [0.15, 0.2) is 0 Å². The Balaban J connectivity index is 2.31. The van der Waals surface area contributed by atoms with Gasteiger partial charge in [0, 0.05) is 5.54 Å². The Labute approximate surface area is 67.3 Å². The summed E-state index contributed by atoms with van der Waals surface area (Å²) in [4.78, 5) is 11.2. The highest BCUT2D eigenvalue weighted by molar-refractivity contribution is 5.82. The van der Waals surface area contributed by atoms with Gasteiger partial charge in [-0.25, -0.2) is 0 Å². The zero-order chi connectivity index (χ0) is 8.48. The van der Waals surface area contributed by atoms with E-state index in [1.54, 1.807) is 0 Å². The van der Waals surface area contributed by atoms with Gasteiger partial charge in [-0.2, -0.15) is 0 Å². The highest BCUT2D eigenvalue weighted by Crippen LogP contribution is 2.34. The third kappa shape index (κ3) is 2.19. The van der Waals surface area contributed by atoms with Crippen molar-refractivity contribution >= 4 is 5.91 Å². The summed E-state index contributed by atoms with van der Waals surface area (Å²) in [6, 6.07) is -0.326. The zero-order valence-corrected chi connectivity index (χ0v) is 7.18. The Bertz CT molecular complexity index is 163. The molecule has 3 heteroatoms. The van der Waals surface area contributed by atoms with E-state index in [1.165, 1.54) is 0 Å². The van der Waals surface area contributed by atoms with Crippen LogP contribution in [-0.2, 0) is 4.79 Å². The van der Waals surface area contributed by atoms with Crippen LogP contribution in [0.3, 0.4) is 0 Å². The number of amides is 1. The van der Waals surface area contributed by atoms with Crippen LogP contribution in [0.5, 0.6) is 0 Å². The minimum Gasteiger partial charge on any atom is -0.350 e. The molecule has 1 aliphatic carbocycles. The fraction of sp³-hybridized carbons (Fsp3) is 0.875. The first-order chi connectivity index (χ1) is 5.07. The number of nitrogens with one attached hydrogen (secondary N) is 1. The van der Waals surface area contributed by atoms with E-state index in [9.17, 15) is 4.79 Å². The van der Waals surface area contributed by atoms with Crippen LogP contribution >= 0.6 is 0 Å². The first-order valence-corrected chi connectivity index (χ1v) is 4.15. The van der Waals surface area contributed by atoms with Gasteiger partial charge in [0.05, 0.1) is 6.04 Å². The van der Waals surface area contributed by atoms with Crippen molar-refractivity contribution in [3.8, 4) is 0 Å². The molecule has 0 heterocycles. The van der Waals surface area contributed by atoms with Crippen molar-refractivity contribution in [2.45, 2.75) is 44.7 Å². The van der Waals surface area contributed by atoms with Crippen molar-refractivity contribution in [1.82, 2.24) is 5.32 Å². The van der Waals surface area contributed by atoms with Gasteiger partial charge in [-0.05, 0) is 26.2 Å². The van der Waals surface area contributed by atoms with Crippen LogP contribution < -0.4 is 11.1 Å². The third-order valence-corrected chi connectivity index (χ3v) is 2.20. The van der Waals surface area contributed by atoms with Crippen molar-refractivity contribution in [1.29, 1.82) is 0 Å². The molecule has 1 fully saturated rings. The van der Waals surface area contributed by atoms with Gasteiger partial charge >= 0.3 is 0 Å². The van der Waals surface area contributed by atoms with Gasteiger partial charge in [-0.3, -0.25) is 4.79 Å². The number of carbonyl (C=O) groups excluding carboxylic acids is 1. The maximum atomic E-state index is 11.2. The zero-order valence-electron chi connectivity index (χ0n) is 7.18. The van der Waals surface area contributed by atoms with Gasteiger partial charge in [0.2, 0.25) is 5.91 Å². The van der Waals surface area contributed by atoms with E-state index in [0.29, 0.717) is 6.42 Å². The third-order valence-electron chi connectivity index (χ3n) is 2.20. The van der Waals surface area contributed by atoms with E-state index in [1.807, 2.05) is 13.8 Å². The Morgan fingerprint density at radius 2 is 2.27 bits per heavy atom. The molecule has 0 aromatic carbocycles. The van der Waals surface area contributed by atoms with Crippen LogP contribution in [0.4, 0.5) is 0 Å². The average Bonchev–Trinajstić information content (AvgIpc) is 2.66. The van der Waals surface area contributed by atoms with Gasteiger partial charge in [0.25, 0.3) is 0 Å². The topological polar surface area (TPSA) is 55.1 Å². The molecular weight excluding hydrogens is 140 g/mol. The Kier molecular flexibility index (Phi) is 2.18. The van der Waals surface area contributed by atoms with Crippen molar-refractivity contribution in [2.24, 2.45) is 5.73 Å². The molecule has 64 valence electrons. The Morgan fingerprint density at radius 1 is 1.73 bits per heavy atom. The first kappa shape index (κ1) is 8.53. The van der Waals surface area contributed by atoms with Crippen LogP contribution in [0.2, 0.25) is 0 Å².